The summed E-state index contributed by atoms with van der Waals surface area (Å²) < 4.78 is 5.24. The molecule has 1 N–H and O–H groups in total. The van der Waals surface area contributed by atoms with Gasteiger partial charge in [0.25, 0.3) is 5.91 Å². The van der Waals surface area contributed by atoms with Crippen molar-refractivity contribution in [3.63, 3.8) is 0 Å². The summed E-state index contributed by atoms with van der Waals surface area (Å²) in [5, 5.41) is 11.6. The van der Waals surface area contributed by atoms with Gasteiger partial charge in [0.15, 0.2) is 11.5 Å². The molecule has 0 saturated carbocycles. The number of ether oxygens (including phenoxy) is 1. The van der Waals surface area contributed by atoms with Crippen LogP contribution in [0.2, 0.25) is 5.02 Å². The lowest BCUT2D eigenvalue weighted by Crippen LogP contribution is -2.24. The molecule has 0 aliphatic carbocycles. The predicted molar refractivity (Wildman–Crippen MR) is 111 cm³/mol. The Hall–Kier alpha value is -3.12. The van der Waals surface area contributed by atoms with Crippen molar-refractivity contribution in [1.82, 2.24) is 10.2 Å². The zero-order valence-electron chi connectivity index (χ0n) is 15.7. The lowest BCUT2D eigenvalue weighted by Gasteiger charge is -2.21. The van der Waals surface area contributed by atoms with Gasteiger partial charge in [0.05, 0.1) is 12.8 Å². The fourth-order valence-electron chi connectivity index (χ4n) is 2.74. The van der Waals surface area contributed by atoms with Crippen molar-refractivity contribution < 1.29 is 9.53 Å². The van der Waals surface area contributed by atoms with Gasteiger partial charge in [-0.25, -0.2) is 0 Å². The van der Waals surface area contributed by atoms with Crippen molar-refractivity contribution in [2.75, 3.05) is 23.9 Å². The number of halogens is 1. The quantitative estimate of drug-likeness (QED) is 0.640. The number of benzene rings is 2. The van der Waals surface area contributed by atoms with E-state index in [9.17, 15) is 4.79 Å². The molecule has 7 heteroatoms. The van der Waals surface area contributed by atoms with Crippen LogP contribution in [0.3, 0.4) is 0 Å². The molecule has 0 aliphatic rings. The first-order valence-corrected chi connectivity index (χ1v) is 9.26. The topological polar surface area (TPSA) is 67.4 Å². The van der Waals surface area contributed by atoms with Crippen LogP contribution in [0.4, 0.5) is 11.5 Å². The van der Waals surface area contributed by atoms with Crippen molar-refractivity contribution in [2.24, 2.45) is 0 Å². The predicted octanol–water partition coefficient (Wildman–Crippen LogP) is 4.42. The molecule has 6 nitrogen and oxygen atoms in total. The highest BCUT2D eigenvalue weighted by Crippen LogP contribution is 2.28. The maximum Gasteiger partial charge on any atom is 0.276 e. The van der Waals surface area contributed by atoms with Crippen LogP contribution in [0.15, 0.2) is 60.7 Å². The zero-order chi connectivity index (χ0) is 19.9. The summed E-state index contributed by atoms with van der Waals surface area (Å²) in [4.78, 5) is 14.6. The van der Waals surface area contributed by atoms with Crippen LogP contribution in [-0.4, -0.2) is 29.8 Å². The molecule has 28 heavy (non-hydrogen) atoms. The van der Waals surface area contributed by atoms with Crippen molar-refractivity contribution in [3.05, 3.63) is 76.9 Å². The van der Waals surface area contributed by atoms with E-state index in [0.29, 0.717) is 22.3 Å². The molecule has 0 fully saturated rings. The highest BCUT2D eigenvalue weighted by atomic mass is 35.5. The van der Waals surface area contributed by atoms with Gasteiger partial charge in [-0.1, -0.05) is 41.9 Å². The average molecular weight is 397 g/mol. The summed E-state index contributed by atoms with van der Waals surface area (Å²) in [5.41, 5.74) is 1.87. The molecular formula is C21H21ClN4O2. The second-order valence-electron chi connectivity index (χ2n) is 6.08. The van der Waals surface area contributed by atoms with E-state index in [1.807, 2.05) is 18.2 Å². The van der Waals surface area contributed by atoms with E-state index in [0.717, 1.165) is 13.1 Å². The van der Waals surface area contributed by atoms with Gasteiger partial charge in [-0.05, 0) is 42.8 Å². The molecule has 0 unspecified atom stereocenters. The number of rotatable bonds is 7. The van der Waals surface area contributed by atoms with Crippen LogP contribution in [0, 0.1) is 0 Å². The van der Waals surface area contributed by atoms with Gasteiger partial charge in [0, 0.05) is 18.1 Å². The Balaban J connectivity index is 1.72. The third-order valence-electron chi connectivity index (χ3n) is 4.21. The molecule has 1 aromatic heterocycles. The van der Waals surface area contributed by atoms with Gasteiger partial charge in [-0.15, -0.1) is 10.2 Å². The first kappa shape index (κ1) is 19.6. The van der Waals surface area contributed by atoms with Gasteiger partial charge in [-0.2, -0.15) is 0 Å². The Kier molecular flexibility index (Phi) is 6.45. The third-order valence-corrected chi connectivity index (χ3v) is 4.45. The summed E-state index contributed by atoms with van der Waals surface area (Å²) in [6.45, 7) is 3.54. The molecule has 1 heterocycles. The van der Waals surface area contributed by atoms with Gasteiger partial charge < -0.3 is 15.0 Å². The van der Waals surface area contributed by atoms with Crippen LogP contribution >= 0.6 is 11.6 Å². The maximum absolute atomic E-state index is 12.5. The standard InChI is InChI=1S/C21H21ClN4O2/c1-3-26(14-15-7-5-4-6-8-15)20-12-10-17(24-25-20)21(27)23-18-13-16(22)9-11-19(18)28-2/h4-13H,3,14H2,1-2H3,(H,23,27). The third kappa shape index (κ3) is 4.78. The summed E-state index contributed by atoms with van der Waals surface area (Å²) in [6, 6.07) is 18.6. The van der Waals surface area contributed by atoms with Crippen LogP contribution in [0.5, 0.6) is 5.75 Å². The lowest BCUT2D eigenvalue weighted by atomic mass is 10.2. The highest BCUT2D eigenvalue weighted by Gasteiger charge is 2.14. The highest BCUT2D eigenvalue weighted by molar-refractivity contribution is 6.31. The number of amides is 1. The first-order valence-electron chi connectivity index (χ1n) is 8.88. The van der Waals surface area contributed by atoms with Crippen molar-refractivity contribution in [3.8, 4) is 5.75 Å². The van der Waals surface area contributed by atoms with E-state index in [2.05, 4.69) is 39.5 Å². The molecule has 2 aromatic carbocycles. The van der Waals surface area contributed by atoms with Crippen LogP contribution in [0.25, 0.3) is 0 Å². The Bertz CT molecular complexity index is 933. The van der Waals surface area contributed by atoms with Gasteiger partial charge >= 0.3 is 0 Å². The van der Waals surface area contributed by atoms with E-state index in [4.69, 9.17) is 16.3 Å². The molecule has 0 atom stereocenters. The molecule has 144 valence electrons. The second-order valence-corrected chi connectivity index (χ2v) is 6.51. The van der Waals surface area contributed by atoms with Crippen molar-refractivity contribution in [2.45, 2.75) is 13.5 Å². The smallest absolute Gasteiger partial charge is 0.276 e. The van der Waals surface area contributed by atoms with E-state index < -0.39 is 0 Å². The molecule has 0 radical (unpaired) electrons. The number of anilines is 2. The normalized spacial score (nSPS) is 10.4. The molecule has 0 aliphatic heterocycles. The van der Waals surface area contributed by atoms with E-state index in [-0.39, 0.29) is 11.6 Å². The SMILES string of the molecule is CCN(Cc1ccccc1)c1ccc(C(=O)Nc2cc(Cl)ccc2OC)nn1. The van der Waals surface area contributed by atoms with Crippen molar-refractivity contribution in [1.29, 1.82) is 0 Å². The Morgan fingerprint density at radius 3 is 2.54 bits per heavy atom. The Labute approximate surface area is 169 Å². The van der Waals surface area contributed by atoms with Gasteiger partial charge in [0.1, 0.15) is 5.75 Å². The summed E-state index contributed by atoms with van der Waals surface area (Å²) >= 11 is 6.00. The summed E-state index contributed by atoms with van der Waals surface area (Å²) in [6.07, 6.45) is 0. The van der Waals surface area contributed by atoms with E-state index >= 15 is 0 Å². The fourth-order valence-corrected chi connectivity index (χ4v) is 2.91. The molecular weight excluding hydrogens is 376 g/mol. The molecule has 0 bridgehead atoms. The number of nitrogens with zero attached hydrogens (tertiary/aromatic N) is 3. The number of aromatic nitrogens is 2. The van der Waals surface area contributed by atoms with Crippen LogP contribution < -0.4 is 15.0 Å². The number of carbonyl (C=O) groups is 1. The molecule has 3 aromatic rings. The zero-order valence-corrected chi connectivity index (χ0v) is 16.5. The minimum atomic E-state index is -0.384. The summed E-state index contributed by atoms with van der Waals surface area (Å²) in [5.74, 6) is 0.844. The van der Waals surface area contributed by atoms with Crippen LogP contribution in [0.1, 0.15) is 23.0 Å². The number of methoxy groups -OCH3 is 1. The average Bonchev–Trinajstić information content (AvgIpc) is 2.73. The first-order chi connectivity index (χ1) is 13.6. The molecule has 3 rings (SSSR count). The fraction of sp³-hybridized carbons (Fsp3) is 0.190. The largest absolute Gasteiger partial charge is 0.495 e. The lowest BCUT2D eigenvalue weighted by molar-refractivity contribution is 0.102. The molecule has 0 spiro atoms. The maximum atomic E-state index is 12.5. The molecule has 1 amide bonds. The van der Waals surface area contributed by atoms with E-state index in [1.165, 1.54) is 12.7 Å². The Morgan fingerprint density at radius 2 is 1.89 bits per heavy atom. The second kappa shape index (κ2) is 9.19. The summed E-state index contributed by atoms with van der Waals surface area (Å²) in [7, 11) is 1.53. The number of carbonyl (C=O) groups excluding carboxylic acids is 1. The number of hydrogen-bond acceptors (Lipinski definition) is 5. The van der Waals surface area contributed by atoms with Crippen molar-refractivity contribution >= 4 is 29.0 Å². The van der Waals surface area contributed by atoms with Gasteiger partial charge in [-0.3, -0.25) is 4.79 Å². The number of nitrogens with one attached hydrogen (secondary N) is 1. The Morgan fingerprint density at radius 1 is 1.11 bits per heavy atom. The minimum Gasteiger partial charge on any atom is -0.495 e. The van der Waals surface area contributed by atoms with Crippen LogP contribution in [-0.2, 0) is 6.54 Å². The monoisotopic (exact) mass is 396 g/mol. The van der Waals surface area contributed by atoms with Gasteiger partial charge in [0.2, 0.25) is 0 Å². The minimum absolute atomic E-state index is 0.210. The number of hydrogen-bond donors (Lipinski definition) is 1. The van der Waals surface area contributed by atoms with E-state index in [1.54, 1.807) is 30.3 Å². The molecule has 0 saturated heterocycles.